The van der Waals surface area contributed by atoms with Crippen LogP contribution in [0.2, 0.25) is 0 Å². The van der Waals surface area contributed by atoms with Crippen molar-refractivity contribution in [2.24, 2.45) is 0 Å². The van der Waals surface area contributed by atoms with Gasteiger partial charge in [-0.25, -0.2) is 14.8 Å². The average Bonchev–Trinajstić information content (AvgIpc) is 3.30. The van der Waals surface area contributed by atoms with Crippen molar-refractivity contribution in [2.45, 2.75) is 26.1 Å². The fourth-order valence-corrected chi connectivity index (χ4v) is 4.53. The van der Waals surface area contributed by atoms with Gasteiger partial charge in [0.15, 0.2) is 6.04 Å². The normalized spacial score (nSPS) is 13.4. The van der Waals surface area contributed by atoms with Gasteiger partial charge in [-0.15, -0.1) is 11.3 Å². The van der Waals surface area contributed by atoms with Crippen LogP contribution in [0.15, 0.2) is 36.7 Å². The molecule has 0 radical (unpaired) electrons. The topological polar surface area (TPSA) is 84.4 Å². The molecule has 1 unspecified atom stereocenters. The first-order chi connectivity index (χ1) is 14.1. The second kappa shape index (κ2) is 7.89. The Bertz CT molecular complexity index is 1150. The molecule has 0 bridgehead atoms. The van der Waals surface area contributed by atoms with Crippen LogP contribution in [-0.2, 0) is 27.4 Å². The molecule has 0 saturated carbocycles. The highest BCUT2D eigenvalue weighted by Crippen LogP contribution is 2.40. The molecule has 1 N–H and O–H groups in total. The van der Waals surface area contributed by atoms with Crippen molar-refractivity contribution in [1.29, 1.82) is 0 Å². The summed E-state index contributed by atoms with van der Waals surface area (Å²) < 4.78 is 4.99. The van der Waals surface area contributed by atoms with Gasteiger partial charge in [0.05, 0.1) is 19.0 Å². The zero-order chi connectivity index (χ0) is 20.4. The second-order valence-corrected chi connectivity index (χ2v) is 7.54. The number of carbonyl (C=O) groups excluding carboxylic acids is 2. The van der Waals surface area contributed by atoms with Gasteiger partial charge in [0.25, 0.3) is 5.91 Å². The summed E-state index contributed by atoms with van der Waals surface area (Å²) in [7, 11) is 1.36. The summed E-state index contributed by atoms with van der Waals surface area (Å²) in [5.41, 5.74) is 1.77. The van der Waals surface area contributed by atoms with E-state index in [0.717, 1.165) is 26.2 Å². The lowest BCUT2D eigenvalue weighted by atomic mass is 10.1. The Morgan fingerprint density at radius 2 is 2.03 bits per heavy atom. The molecule has 4 rings (SSSR count). The Balaban J connectivity index is 1.72. The Hall–Kier alpha value is -3.44. The lowest BCUT2D eigenvalue weighted by molar-refractivity contribution is -0.141. The maximum atomic E-state index is 12.4. The van der Waals surface area contributed by atoms with Crippen molar-refractivity contribution < 1.29 is 14.3 Å². The summed E-state index contributed by atoms with van der Waals surface area (Å²) in [4.78, 5) is 37.0. The van der Waals surface area contributed by atoms with Crippen molar-refractivity contribution in [1.82, 2.24) is 14.9 Å². The summed E-state index contributed by atoms with van der Waals surface area (Å²) in [6.45, 7) is 2.59. The molecular formula is C21H18N4O3S. The van der Waals surface area contributed by atoms with E-state index >= 15 is 0 Å². The van der Waals surface area contributed by atoms with E-state index in [4.69, 9.17) is 4.74 Å². The lowest BCUT2D eigenvalue weighted by Crippen LogP contribution is -2.24. The fourth-order valence-electron chi connectivity index (χ4n) is 3.37. The van der Waals surface area contributed by atoms with E-state index in [0.29, 0.717) is 18.9 Å². The molecule has 0 spiro atoms. The van der Waals surface area contributed by atoms with Gasteiger partial charge in [-0.1, -0.05) is 36.3 Å². The number of thiophene rings is 1. The Kier molecular flexibility index (Phi) is 5.14. The quantitative estimate of drug-likeness (QED) is 0.530. The highest BCUT2D eigenvalue weighted by atomic mass is 32.1. The number of methoxy groups -OCH3 is 1. The zero-order valence-corrected chi connectivity index (χ0v) is 16.7. The maximum Gasteiger partial charge on any atom is 0.333 e. The molecule has 1 aliphatic rings. The average molecular weight is 406 g/mol. The standard InChI is InChI=1S/C21H18N4O3S/c1-3-7-16(26)25-10-14-15(11-25)29-20-17(14)19(22-12-23-20)24-18(21(27)28-2)13-8-5-4-6-9-13/h4-6,8-9,12,18H,10-11H2,1-2H3,(H,22,23,24). The van der Waals surface area contributed by atoms with Gasteiger partial charge in [0, 0.05) is 17.0 Å². The largest absolute Gasteiger partial charge is 0.467 e. The number of nitrogens with zero attached hydrogens (tertiary/aromatic N) is 3. The van der Waals surface area contributed by atoms with Crippen molar-refractivity contribution in [3.8, 4) is 11.8 Å². The number of anilines is 1. The minimum Gasteiger partial charge on any atom is -0.467 e. The van der Waals surface area contributed by atoms with Gasteiger partial charge in [-0.05, 0) is 18.4 Å². The second-order valence-electron chi connectivity index (χ2n) is 6.45. The predicted molar refractivity (Wildman–Crippen MR) is 110 cm³/mol. The van der Waals surface area contributed by atoms with E-state index in [-0.39, 0.29) is 5.91 Å². The van der Waals surface area contributed by atoms with Crippen molar-refractivity contribution in [3.05, 3.63) is 52.7 Å². The van der Waals surface area contributed by atoms with E-state index in [1.54, 1.807) is 11.8 Å². The van der Waals surface area contributed by atoms with E-state index < -0.39 is 12.0 Å². The van der Waals surface area contributed by atoms with Gasteiger partial charge in [-0.2, -0.15) is 0 Å². The van der Waals surface area contributed by atoms with Crippen molar-refractivity contribution in [2.75, 3.05) is 12.4 Å². The molecule has 0 fully saturated rings. The molecule has 3 aromatic rings. The smallest absolute Gasteiger partial charge is 0.333 e. The molecule has 1 aromatic carbocycles. The molecular weight excluding hydrogens is 388 g/mol. The summed E-state index contributed by atoms with van der Waals surface area (Å²) in [5.74, 6) is 5.16. The third-order valence-electron chi connectivity index (χ3n) is 4.72. The number of benzene rings is 1. The molecule has 0 saturated heterocycles. The molecule has 8 heteroatoms. The van der Waals surface area contributed by atoms with E-state index in [1.807, 2.05) is 30.3 Å². The summed E-state index contributed by atoms with van der Waals surface area (Å²) in [5, 5.41) is 4.05. The molecule has 29 heavy (non-hydrogen) atoms. The first-order valence-electron chi connectivity index (χ1n) is 8.98. The number of carbonyl (C=O) groups is 2. The summed E-state index contributed by atoms with van der Waals surface area (Å²) in [6.07, 6.45) is 1.47. The van der Waals surface area contributed by atoms with E-state index in [1.165, 1.54) is 24.8 Å². The lowest BCUT2D eigenvalue weighted by Gasteiger charge is -2.18. The number of esters is 1. The van der Waals surface area contributed by atoms with Crippen LogP contribution in [0.1, 0.15) is 29.0 Å². The minimum atomic E-state index is -0.708. The predicted octanol–water partition coefficient (Wildman–Crippen LogP) is 2.88. The van der Waals surface area contributed by atoms with Gasteiger partial charge >= 0.3 is 5.97 Å². The van der Waals surface area contributed by atoms with E-state index in [2.05, 4.69) is 27.1 Å². The zero-order valence-electron chi connectivity index (χ0n) is 15.9. The number of rotatable bonds is 4. The first kappa shape index (κ1) is 18.9. The third-order valence-corrected chi connectivity index (χ3v) is 5.85. The van der Waals surface area contributed by atoms with Gasteiger partial charge < -0.3 is 15.0 Å². The SMILES string of the molecule is CC#CC(=O)N1Cc2sc3ncnc(NC(C(=O)OC)c4ccccc4)c3c2C1. The monoisotopic (exact) mass is 406 g/mol. The number of hydrogen-bond donors (Lipinski definition) is 1. The van der Waals surface area contributed by atoms with Crippen LogP contribution in [0.3, 0.4) is 0 Å². The van der Waals surface area contributed by atoms with Crippen LogP contribution < -0.4 is 5.32 Å². The molecule has 1 aliphatic heterocycles. The number of aromatic nitrogens is 2. The molecule has 7 nitrogen and oxygen atoms in total. The Morgan fingerprint density at radius 3 is 2.76 bits per heavy atom. The number of ether oxygens (including phenoxy) is 1. The first-order valence-corrected chi connectivity index (χ1v) is 9.80. The highest BCUT2D eigenvalue weighted by molar-refractivity contribution is 7.19. The number of amides is 1. The maximum absolute atomic E-state index is 12.4. The van der Waals surface area contributed by atoms with Crippen molar-refractivity contribution in [3.63, 3.8) is 0 Å². The van der Waals surface area contributed by atoms with Crippen LogP contribution >= 0.6 is 11.3 Å². The Labute approximate surface area is 171 Å². The molecule has 2 aromatic heterocycles. The molecule has 1 atom stereocenters. The molecule has 1 amide bonds. The third kappa shape index (κ3) is 3.52. The van der Waals surface area contributed by atoms with Crippen molar-refractivity contribution >= 4 is 39.2 Å². The number of nitrogens with one attached hydrogen (secondary N) is 1. The summed E-state index contributed by atoms with van der Waals surface area (Å²) in [6, 6.07) is 8.62. The van der Waals surface area contributed by atoms with Crippen LogP contribution in [-0.4, -0.2) is 33.9 Å². The van der Waals surface area contributed by atoms with Crippen LogP contribution in [0.4, 0.5) is 5.82 Å². The Morgan fingerprint density at radius 1 is 1.24 bits per heavy atom. The molecule has 146 valence electrons. The van der Waals surface area contributed by atoms with E-state index in [9.17, 15) is 9.59 Å². The molecule has 3 heterocycles. The minimum absolute atomic E-state index is 0.202. The fraction of sp³-hybridized carbons (Fsp3) is 0.238. The number of hydrogen-bond acceptors (Lipinski definition) is 7. The van der Waals surface area contributed by atoms with Crippen LogP contribution in [0.25, 0.3) is 10.2 Å². The molecule has 0 aliphatic carbocycles. The van der Waals surface area contributed by atoms with Crippen LogP contribution in [0, 0.1) is 11.8 Å². The highest BCUT2D eigenvalue weighted by Gasteiger charge is 2.30. The van der Waals surface area contributed by atoms with Gasteiger partial charge in [-0.3, -0.25) is 4.79 Å². The van der Waals surface area contributed by atoms with Gasteiger partial charge in [0.1, 0.15) is 17.0 Å². The summed E-state index contributed by atoms with van der Waals surface area (Å²) >= 11 is 1.53. The number of fused-ring (bicyclic) bond motifs is 3. The van der Waals surface area contributed by atoms with Gasteiger partial charge in [0.2, 0.25) is 0 Å². The van der Waals surface area contributed by atoms with Crippen LogP contribution in [0.5, 0.6) is 0 Å².